The summed E-state index contributed by atoms with van der Waals surface area (Å²) < 4.78 is 0. The van der Waals surface area contributed by atoms with E-state index in [1.807, 2.05) is 17.3 Å². The van der Waals surface area contributed by atoms with Crippen LogP contribution in [0.5, 0.6) is 0 Å². The lowest BCUT2D eigenvalue weighted by Gasteiger charge is -2.09. The minimum absolute atomic E-state index is 0.584. The van der Waals surface area contributed by atoms with Crippen molar-refractivity contribution in [1.29, 1.82) is 0 Å². The van der Waals surface area contributed by atoms with Crippen molar-refractivity contribution in [3.63, 3.8) is 0 Å². The Balaban J connectivity index is 2.22. The number of aromatic nitrogens is 2. The Kier molecular flexibility index (Phi) is 1.21. The van der Waals surface area contributed by atoms with Gasteiger partial charge in [-0.05, 0) is 0 Å². The van der Waals surface area contributed by atoms with E-state index in [9.17, 15) is 0 Å². The van der Waals surface area contributed by atoms with Crippen molar-refractivity contribution in [2.75, 3.05) is 17.3 Å². The summed E-state index contributed by atoms with van der Waals surface area (Å²) >= 11 is 0. The van der Waals surface area contributed by atoms with Gasteiger partial charge in [0.15, 0.2) is 5.82 Å². The number of H-pyrrole nitrogens is 1. The van der Waals surface area contributed by atoms with Gasteiger partial charge in [0.05, 0.1) is 6.67 Å². The molecule has 5 nitrogen and oxygen atoms in total. The van der Waals surface area contributed by atoms with E-state index in [1.54, 1.807) is 6.07 Å². The highest BCUT2D eigenvalue weighted by atomic mass is 15.3. The predicted octanol–water partition coefficient (Wildman–Crippen LogP) is -0.170. The van der Waals surface area contributed by atoms with Crippen molar-refractivity contribution in [2.45, 2.75) is 0 Å². The zero-order valence-corrected chi connectivity index (χ0v) is 5.91. The van der Waals surface area contributed by atoms with Gasteiger partial charge in [-0.15, -0.1) is 0 Å². The molecule has 0 aliphatic carbocycles. The molecule has 0 radical (unpaired) electrons. The number of hydrogen-bond donors (Lipinski definition) is 3. The molecule has 5 heteroatoms. The molecule has 58 valence electrons. The summed E-state index contributed by atoms with van der Waals surface area (Å²) in [6.45, 7) is 0.754. The van der Waals surface area contributed by atoms with Crippen LogP contribution in [0.1, 0.15) is 0 Å². The molecule has 2 rings (SSSR count). The van der Waals surface area contributed by atoms with Crippen molar-refractivity contribution in [1.82, 2.24) is 15.5 Å². The number of rotatable bonds is 1. The second-order valence-electron chi connectivity index (χ2n) is 2.33. The summed E-state index contributed by atoms with van der Waals surface area (Å²) in [5, 5.41) is 9.68. The third-order valence-corrected chi connectivity index (χ3v) is 1.51. The van der Waals surface area contributed by atoms with Gasteiger partial charge >= 0.3 is 0 Å². The highest BCUT2D eigenvalue weighted by Gasteiger charge is 2.08. The third-order valence-electron chi connectivity index (χ3n) is 1.51. The number of nitrogens with one attached hydrogen (secondary N) is 2. The second-order valence-corrected chi connectivity index (χ2v) is 2.33. The van der Waals surface area contributed by atoms with Crippen molar-refractivity contribution >= 4 is 11.6 Å². The van der Waals surface area contributed by atoms with Gasteiger partial charge in [-0.2, -0.15) is 5.10 Å². The van der Waals surface area contributed by atoms with Gasteiger partial charge in [-0.1, -0.05) is 0 Å². The van der Waals surface area contributed by atoms with Gasteiger partial charge in [-0.3, -0.25) is 5.10 Å². The first-order valence-corrected chi connectivity index (χ1v) is 3.34. The lowest BCUT2D eigenvalue weighted by Crippen LogP contribution is -2.19. The molecule has 1 aromatic rings. The maximum absolute atomic E-state index is 5.46. The molecule has 0 saturated heterocycles. The summed E-state index contributed by atoms with van der Waals surface area (Å²) in [6.07, 6.45) is 3.78. The van der Waals surface area contributed by atoms with Gasteiger partial charge in [0.1, 0.15) is 5.82 Å². The van der Waals surface area contributed by atoms with Crippen molar-refractivity contribution in [3.8, 4) is 0 Å². The molecule has 0 amide bonds. The fourth-order valence-corrected chi connectivity index (χ4v) is 0.976. The Bertz CT molecular complexity index is 276. The minimum Gasteiger partial charge on any atom is -0.384 e. The van der Waals surface area contributed by atoms with E-state index in [-0.39, 0.29) is 0 Å². The Hall–Kier alpha value is -1.65. The van der Waals surface area contributed by atoms with E-state index in [4.69, 9.17) is 5.73 Å². The molecular formula is C6H9N5. The largest absolute Gasteiger partial charge is 0.384 e. The van der Waals surface area contributed by atoms with Crippen LogP contribution in [0.15, 0.2) is 18.5 Å². The van der Waals surface area contributed by atoms with Gasteiger partial charge in [-0.25, -0.2) is 0 Å². The number of aromatic amines is 1. The summed E-state index contributed by atoms with van der Waals surface area (Å²) in [6, 6.07) is 1.79. The Morgan fingerprint density at radius 2 is 2.55 bits per heavy atom. The quantitative estimate of drug-likeness (QED) is 0.521. The molecule has 0 spiro atoms. The molecule has 0 unspecified atom stereocenters. The van der Waals surface area contributed by atoms with E-state index in [2.05, 4.69) is 15.5 Å². The van der Waals surface area contributed by atoms with Crippen LogP contribution in [0.2, 0.25) is 0 Å². The van der Waals surface area contributed by atoms with Crippen LogP contribution >= 0.6 is 0 Å². The molecule has 0 atom stereocenters. The predicted molar refractivity (Wildman–Crippen MR) is 42.6 cm³/mol. The Labute approximate surface area is 63.9 Å². The van der Waals surface area contributed by atoms with Crippen LogP contribution in [0.4, 0.5) is 11.6 Å². The maximum atomic E-state index is 5.46. The highest BCUT2D eigenvalue weighted by molar-refractivity contribution is 5.49. The minimum atomic E-state index is 0.584. The first-order chi connectivity index (χ1) is 5.36. The first-order valence-electron chi connectivity index (χ1n) is 3.34. The molecule has 2 heterocycles. The van der Waals surface area contributed by atoms with Gasteiger partial charge in [0, 0.05) is 18.5 Å². The number of anilines is 2. The van der Waals surface area contributed by atoms with Gasteiger partial charge in [0.2, 0.25) is 0 Å². The van der Waals surface area contributed by atoms with E-state index < -0.39 is 0 Å². The van der Waals surface area contributed by atoms with Crippen LogP contribution in [0.25, 0.3) is 0 Å². The van der Waals surface area contributed by atoms with Crippen molar-refractivity contribution in [2.24, 2.45) is 0 Å². The molecule has 1 aromatic heterocycles. The summed E-state index contributed by atoms with van der Waals surface area (Å²) in [7, 11) is 0. The number of nitrogens with zero attached hydrogens (tertiary/aromatic N) is 2. The Morgan fingerprint density at radius 3 is 3.09 bits per heavy atom. The molecule has 4 N–H and O–H groups in total. The monoisotopic (exact) mass is 151 g/mol. The van der Waals surface area contributed by atoms with Crippen LogP contribution in [-0.2, 0) is 0 Å². The first kappa shape index (κ1) is 6.09. The highest BCUT2D eigenvalue weighted by Crippen LogP contribution is 2.13. The fraction of sp³-hybridized carbons (Fsp3) is 0.167. The zero-order valence-electron chi connectivity index (χ0n) is 5.91. The molecule has 1 aliphatic heterocycles. The normalized spacial score (nSPS) is 15.5. The number of hydrogen-bond acceptors (Lipinski definition) is 4. The van der Waals surface area contributed by atoms with Crippen LogP contribution in [0.3, 0.4) is 0 Å². The smallest absolute Gasteiger partial charge is 0.158 e. The van der Waals surface area contributed by atoms with Gasteiger partial charge < -0.3 is 16.0 Å². The fourth-order valence-electron chi connectivity index (χ4n) is 0.976. The molecule has 0 aromatic carbocycles. The lowest BCUT2D eigenvalue weighted by molar-refractivity contribution is 0.880. The Morgan fingerprint density at radius 1 is 1.64 bits per heavy atom. The van der Waals surface area contributed by atoms with E-state index in [0.29, 0.717) is 5.82 Å². The number of nitrogen functional groups attached to an aromatic ring is 1. The van der Waals surface area contributed by atoms with E-state index >= 15 is 0 Å². The second kappa shape index (κ2) is 2.19. The van der Waals surface area contributed by atoms with E-state index in [0.717, 1.165) is 12.5 Å². The molecule has 0 fully saturated rings. The van der Waals surface area contributed by atoms with Crippen LogP contribution < -0.4 is 16.0 Å². The van der Waals surface area contributed by atoms with Crippen LogP contribution in [0, 0.1) is 0 Å². The van der Waals surface area contributed by atoms with Crippen molar-refractivity contribution < 1.29 is 0 Å². The maximum Gasteiger partial charge on any atom is 0.158 e. The lowest BCUT2D eigenvalue weighted by atomic mass is 10.5. The van der Waals surface area contributed by atoms with Crippen molar-refractivity contribution in [3.05, 3.63) is 18.5 Å². The average molecular weight is 151 g/mol. The van der Waals surface area contributed by atoms with E-state index in [1.165, 1.54) is 0 Å². The molecular weight excluding hydrogens is 142 g/mol. The SMILES string of the molecule is Nc1cc(N2C=CNC2)n[nH]1. The molecule has 0 saturated carbocycles. The third kappa shape index (κ3) is 1.000. The zero-order chi connectivity index (χ0) is 7.68. The summed E-state index contributed by atoms with van der Waals surface area (Å²) in [5.74, 6) is 1.42. The molecule has 1 aliphatic rings. The molecule has 11 heavy (non-hydrogen) atoms. The standard InChI is InChI=1S/C6H9N5/c7-5-3-6(10-9-5)11-2-1-8-4-11/h1-3,8H,4H2,(H3,7,9,10). The summed E-state index contributed by atoms with van der Waals surface area (Å²) in [4.78, 5) is 1.95. The average Bonchev–Trinajstić information content (AvgIpc) is 2.55. The number of nitrogens with two attached hydrogens (primary N) is 1. The summed E-state index contributed by atoms with van der Waals surface area (Å²) in [5.41, 5.74) is 5.46. The topological polar surface area (TPSA) is 70.0 Å². The molecule has 0 bridgehead atoms. The van der Waals surface area contributed by atoms with Crippen LogP contribution in [-0.4, -0.2) is 16.9 Å². The van der Waals surface area contributed by atoms with Gasteiger partial charge in [0.25, 0.3) is 0 Å².